The van der Waals surface area contributed by atoms with Crippen molar-refractivity contribution < 1.29 is 13.6 Å². The third-order valence-corrected chi connectivity index (χ3v) is 3.65. The van der Waals surface area contributed by atoms with E-state index in [0.717, 1.165) is 0 Å². The van der Waals surface area contributed by atoms with Gasteiger partial charge in [0.05, 0.1) is 10.0 Å². The van der Waals surface area contributed by atoms with Crippen LogP contribution in [0.5, 0.6) is 0 Å². The van der Waals surface area contributed by atoms with Gasteiger partial charge in [-0.15, -0.1) is 0 Å². The minimum Gasteiger partial charge on any atom is -0.398 e. The van der Waals surface area contributed by atoms with Gasteiger partial charge in [-0.1, -0.05) is 6.07 Å². The molecule has 0 aliphatic rings. The van der Waals surface area contributed by atoms with Gasteiger partial charge in [0.25, 0.3) is 0 Å². The minimum atomic E-state index is -0.887. The highest BCUT2D eigenvalue weighted by Gasteiger charge is 2.19. The molecule has 0 bridgehead atoms. The first-order valence-electron chi connectivity index (χ1n) is 5.46. The van der Waals surface area contributed by atoms with Crippen LogP contribution in [0.1, 0.15) is 21.5 Å². The van der Waals surface area contributed by atoms with Crippen molar-refractivity contribution in [3.8, 4) is 0 Å². The van der Waals surface area contributed by atoms with Crippen molar-refractivity contribution in [3.63, 3.8) is 0 Å². The van der Waals surface area contributed by atoms with Crippen molar-refractivity contribution in [1.29, 1.82) is 0 Å². The minimum absolute atomic E-state index is 0.176. The molecule has 0 aliphatic heterocycles. The van der Waals surface area contributed by atoms with Crippen LogP contribution in [0.4, 0.5) is 14.5 Å². The Kier molecular flexibility index (Phi) is 3.66. The molecule has 0 unspecified atom stereocenters. The summed E-state index contributed by atoms with van der Waals surface area (Å²) < 4.78 is 27.3. The Morgan fingerprint density at radius 1 is 1.16 bits per heavy atom. The quantitative estimate of drug-likeness (QED) is 0.673. The number of benzene rings is 2. The maximum atomic E-state index is 13.7. The van der Waals surface area contributed by atoms with Gasteiger partial charge in [0.1, 0.15) is 11.6 Å². The Balaban J connectivity index is 2.56. The SMILES string of the molecule is Cc1cc(C(=O)c2cccc(N)c2Br)c(F)cc1F. The molecule has 0 aromatic heterocycles. The van der Waals surface area contributed by atoms with Crippen LogP contribution in [-0.4, -0.2) is 5.78 Å². The number of hydrogen-bond donors (Lipinski definition) is 1. The summed E-state index contributed by atoms with van der Waals surface area (Å²) in [6.45, 7) is 1.47. The van der Waals surface area contributed by atoms with Crippen LogP contribution >= 0.6 is 15.9 Å². The van der Waals surface area contributed by atoms with Gasteiger partial charge >= 0.3 is 0 Å². The van der Waals surface area contributed by atoms with Crippen LogP contribution < -0.4 is 5.73 Å². The summed E-state index contributed by atoms with van der Waals surface area (Å²) >= 11 is 3.19. The van der Waals surface area contributed by atoms with Gasteiger partial charge in [-0.05, 0) is 46.6 Å². The normalized spacial score (nSPS) is 10.5. The van der Waals surface area contributed by atoms with Crippen LogP contribution in [0.3, 0.4) is 0 Å². The molecule has 2 nitrogen and oxygen atoms in total. The molecule has 2 aromatic carbocycles. The lowest BCUT2D eigenvalue weighted by atomic mass is 10.0. The van der Waals surface area contributed by atoms with E-state index < -0.39 is 17.4 Å². The summed E-state index contributed by atoms with van der Waals surface area (Å²) in [7, 11) is 0. The molecule has 0 atom stereocenters. The van der Waals surface area contributed by atoms with Gasteiger partial charge in [0.15, 0.2) is 5.78 Å². The van der Waals surface area contributed by atoms with E-state index in [1.165, 1.54) is 19.1 Å². The Morgan fingerprint density at radius 2 is 1.84 bits per heavy atom. The number of nitrogens with two attached hydrogens (primary N) is 1. The van der Waals surface area contributed by atoms with E-state index >= 15 is 0 Å². The smallest absolute Gasteiger partial charge is 0.197 e. The molecule has 0 radical (unpaired) electrons. The van der Waals surface area contributed by atoms with Gasteiger partial charge in [0, 0.05) is 17.3 Å². The average molecular weight is 326 g/mol. The Labute approximate surface area is 117 Å². The number of carbonyl (C=O) groups excluding carboxylic acids is 1. The number of halogens is 3. The number of ketones is 1. The molecule has 0 aliphatic carbocycles. The highest BCUT2D eigenvalue weighted by atomic mass is 79.9. The van der Waals surface area contributed by atoms with Gasteiger partial charge in [0.2, 0.25) is 0 Å². The van der Waals surface area contributed by atoms with Gasteiger partial charge in [-0.2, -0.15) is 0 Å². The lowest BCUT2D eigenvalue weighted by Gasteiger charge is -2.08. The molecule has 19 heavy (non-hydrogen) atoms. The fourth-order valence-electron chi connectivity index (χ4n) is 1.70. The van der Waals surface area contributed by atoms with Crippen molar-refractivity contribution in [3.05, 3.63) is 63.1 Å². The van der Waals surface area contributed by atoms with E-state index in [4.69, 9.17) is 5.73 Å². The van der Waals surface area contributed by atoms with Crippen molar-refractivity contribution in [2.75, 3.05) is 5.73 Å². The molecule has 0 amide bonds. The molecule has 0 heterocycles. The molecule has 5 heteroatoms. The lowest BCUT2D eigenvalue weighted by Crippen LogP contribution is -2.07. The fourth-order valence-corrected chi connectivity index (χ4v) is 2.15. The Hall–Kier alpha value is -1.75. The molecular weight excluding hydrogens is 316 g/mol. The third-order valence-electron chi connectivity index (χ3n) is 2.77. The predicted molar refractivity (Wildman–Crippen MR) is 73.1 cm³/mol. The number of anilines is 1. The Bertz CT molecular complexity index is 671. The second kappa shape index (κ2) is 5.09. The highest BCUT2D eigenvalue weighted by molar-refractivity contribution is 9.10. The Morgan fingerprint density at radius 3 is 2.53 bits per heavy atom. The lowest BCUT2D eigenvalue weighted by molar-refractivity contribution is 0.103. The number of hydrogen-bond acceptors (Lipinski definition) is 2. The summed E-state index contributed by atoms with van der Waals surface area (Å²) in [6, 6.07) is 6.65. The predicted octanol–water partition coefficient (Wildman–Crippen LogP) is 3.85. The maximum Gasteiger partial charge on any atom is 0.197 e. The van der Waals surface area contributed by atoms with Crippen LogP contribution in [0.2, 0.25) is 0 Å². The van der Waals surface area contributed by atoms with E-state index in [0.29, 0.717) is 16.2 Å². The zero-order chi connectivity index (χ0) is 14.2. The average Bonchev–Trinajstić information content (AvgIpc) is 2.36. The zero-order valence-corrected chi connectivity index (χ0v) is 11.6. The van der Waals surface area contributed by atoms with Crippen LogP contribution in [-0.2, 0) is 0 Å². The molecule has 2 N–H and O–H groups in total. The second-order valence-electron chi connectivity index (χ2n) is 4.12. The molecule has 98 valence electrons. The van der Waals surface area contributed by atoms with Gasteiger partial charge < -0.3 is 5.73 Å². The topological polar surface area (TPSA) is 43.1 Å². The van der Waals surface area contributed by atoms with E-state index in [1.807, 2.05) is 0 Å². The summed E-state index contributed by atoms with van der Waals surface area (Å²) in [6.07, 6.45) is 0. The van der Waals surface area contributed by atoms with Crippen molar-refractivity contribution in [2.24, 2.45) is 0 Å². The van der Waals surface area contributed by atoms with Gasteiger partial charge in [-0.3, -0.25) is 4.79 Å². The molecular formula is C14H10BrF2NO. The fraction of sp³-hybridized carbons (Fsp3) is 0.0714. The summed E-state index contributed by atoms with van der Waals surface area (Å²) in [4.78, 5) is 12.3. The largest absolute Gasteiger partial charge is 0.398 e. The highest BCUT2D eigenvalue weighted by Crippen LogP contribution is 2.27. The van der Waals surface area contributed by atoms with Crippen molar-refractivity contribution in [1.82, 2.24) is 0 Å². The monoisotopic (exact) mass is 325 g/mol. The second-order valence-corrected chi connectivity index (χ2v) is 4.91. The van der Waals surface area contributed by atoms with E-state index in [9.17, 15) is 13.6 Å². The standard InChI is InChI=1S/C14H10BrF2NO/c1-7-5-9(11(17)6-10(7)16)14(19)8-3-2-4-12(18)13(8)15/h2-6H,18H2,1H3. The number of carbonyl (C=O) groups is 1. The van der Waals surface area contributed by atoms with Crippen molar-refractivity contribution >= 4 is 27.4 Å². The summed E-state index contributed by atoms with van der Waals surface area (Å²) in [5.41, 5.74) is 6.33. The molecule has 0 saturated carbocycles. The van der Waals surface area contributed by atoms with E-state index in [-0.39, 0.29) is 16.7 Å². The zero-order valence-electron chi connectivity index (χ0n) is 10.0. The van der Waals surface area contributed by atoms with Crippen molar-refractivity contribution in [2.45, 2.75) is 6.92 Å². The van der Waals surface area contributed by atoms with Crippen LogP contribution in [0, 0.1) is 18.6 Å². The van der Waals surface area contributed by atoms with Crippen LogP contribution in [0.15, 0.2) is 34.8 Å². The maximum absolute atomic E-state index is 13.7. The first-order chi connectivity index (χ1) is 8.91. The number of aryl methyl sites for hydroxylation is 1. The molecule has 0 spiro atoms. The molecule has 0 saturated heterocycles. The first kappa shape index (κ1) is 13.7. The molecule has 2 rings (SSSR count). The molecule has 0 fully saturated rings. The van der Waals surface area contributed by atoms with Crippen LogP contribution in [0.25, 0.3) is 0 Å². The summed E-state index contributed by atoms with van der Waals surface area (Å²) in [5.74, 6) is -2.11. The van der Waals surface area contributed by atoms with E-state index in [2.05, 4.69) is 15.9 Å². The number of rotatable bonds is 2. The summed E-state index contributed by atoms with van der Waals surface area (Å²) in [5, 5.41) is 0. The molecule has 2 aromatic rings. The number of nitrogen functional groups attached to an aromatic ring is 1. The van der Waals surface area contributed by atoms with E-state index in [1.54, 1.807) is 12.1 Å². The van der Waals surface area contributed by atoms with Gasteiger partial charge in [-0.25, -0.2) is 8.78 Å². The third kappa shape index (κ3) is 2.51. The first-order valence-corrected chi connectivity index (χ1v) is 6.25.